The van der Waals surface area contributed by atoms with Gasteiger partial charge in [0.15, 0.2) is 0 Å². The van der Waals surface area contributed by atoms with E-state index in [0.717, 1.165) is 16.7 Å². The maximum Gasteiger partial charge on any atom is 0.414 e. The second-order valence-electron chi connectivity index (χ2n) is 4.52. The predicted molar refractivity (Wildman–Crippen MR) is 66.9 cm³/mol. The van der Waals surface area contributed by atoms with Gasteiger partial charge >= 0.3 is 6.18 Å². The van der Waals surface area contributed by atoms with E-state index < -0.39 is 11.7 Å². The van der Waals surface area contributed by atoms with Crippen molar-refractivity contribution in [2.75, 3.05) is 7.11 Å². The smallest absolute Gasteiger partial charge is 0.414 e. The zero-order valence-electron chi connectivity index (χ0n) is 10.9. The molecule has 20 heavy (non-hydrogen) atoms. The molecule has 1 aromatic rings. The summed E-state index contributed by atoms with van der Waals surface area (Å²) < 4.78 is 43.0. The standard InChI is InChI=1S/C14H14F3NO2/c1-20-12-5-2-10(3-6-12)8-18-9-11(14(15,16)17)4-7-13(18)19/h2-3,5-6,9H,4,7-8H2,1H3. The van der Waals surface area contributed by atoms with Gasteiger partial charge in [-0.15, -0.1) is 0 Å². The van der Waals surface area contributed by atoms with E-state index in [0.29, 0.717) is 5.75 Å². The molecule has 0 bridgehead atoms. The summed E-state index contributed by atoms with van der Waals surface area (Å²) in [6.45, 7) is 0.127. The van der Waals surface area contributed by atoms with Crippen LogP contribution in [0.2, 0.25) is 0 Å². The van der Waals surface area contributed by atoms with Gasteiger partial charge < -0.3 is 9.64 Å². The molecule has 1 amide bonds. The van der Waals surface area contributed by atoms with Crippen LogP contribution < -0.4 is 4.74 Å². The molecule has 6 heteroatoms. The number of hydrogen-bond donors (Lipinski definition) is 0. The van der Waals surface area contributed by atoms with Crippen LogP contribution in [0.3, 0.4) is 0 Å². The Labute approximate surface area is 114 Å². The van der Waals surface area contributed by atoms with Crippen molar-refractivity contribution in [1.29, 1.82) is 0 Å². The lowest BCUT2D eigenvalue weighted by atomic mass is 10.1. The number of benzene rings is 1. The number of allylic oxidation sites excluding steroid dienone is 1. The maximum absolute atomic E-state index is 12.7. The molecule has 0 radical (unpaired) electrons. The first-order valence-electron chi connectivity index (χ1n) is 6.10. The first-order valence-corrected chi connectivity index (χ1v) is 6.10. The Hall–Kier alpha value is -1.98. The van der Waals surface area contributed by atoms with Crippen LogP contribution in [0.15, 0.2) is 36.0 Å². The van der Waals surface area contributed by atoms with E-state index in [-0.39, 0.29) is 25.3 Å². The quantitative estimate of drug-likeness (QED) is 0.853. The van der Waals surface area contributed by atoms with Gasteiger partial charge in [0.05, 0.1) is 13.7 Å². The zero-order chi connectivity index (χ0) is 14.8. The molecule has 0 saturated heterocycles. The number of halogens is 3. The van der Waals surface area contributed by atoms with Crippen LogP contribution in [0.4, 0.5) is 13.2 Å². The number of carbonyl (C=O) groups excluding carboxylic acids is 1. The Morgan fingerprint density at radius 1 is 1.20 bits per heavy atom. The number of amides is 1. The number of rotatable bonds is 3. The van der Waals surface area contributed by atoms with Gasteiger partial charge in [-0.1, -0.05) is 12.1 Å². The van der Waals surface area contributed by atoms with Gasteiger partial charge in [-0.05, 0) is 24.1 Å². The highest BCUT2D eigenvalue weighted by atomic mass is 19.4. The minimum absolute atomic E-state index is 0.110. The molecule has 1 heterocycles. The van der Waals surface area contributed by atoms with Crippen molar-refractivity contribution in [1.82, 2.24) is 4.90 Å². The van der Waals surface area contributed by atoms with Gasteiger partial charge in [0.25, 0.3) is 0 Å². The minimum atomic E-state index is -4.38. The van der Waals surface area contributed by atoms with Gasteiger partial charge in [0.1, 0.15) is 5.75 Å². The summed E-state index contributed by atoms with van der Waals surface area (Å²) in [6.07, 6.45) is -3.82. The Morgan fingerprint density at radius 2 is 1.85 bits per heavy atom. The highest BCUT2D eigenvalue weighted by Gasteiger charge is 2.36. The van der Waals surface area contributed by atoms with Crippen molar-refractivity contribution in [3.63, 3.8) is 0 Å². The summed E-state index contributed by atoms with van der Waals surface area (Å²) in [5.74, 6) is 0.360. The Morgan fingerprint density at radius 3 is 2.40 bits per heavy atom. The number of nitrogens with zero attached hydrogens (tertiary/aromatic N) is 1. The Kier molecular flexibility index (Phi) is 4.01. The molecule has 0 spiro atoms. The van der Waals surface area contributed by atoms with Crippen LogP contribution in [0, 0.1) is 0 Å². The third-order valence-corrected chi connectivity index (χ3v) is 3.12. The van der Waals surface area contributed by atoms with E-state index in [2.05, 4.69) is 0 Å². The van der Waals surface area contributed by atoms with E-state index in [1.54, 1.807) is 24.3 Å². The zero-order valence-corrected chi connectivity index (χ0v) is 10.9. The molecular weight excluding hydrogens is 271 g/mol. The number of hydrogen-bond acceptors (Lipinski definition) is 2. The SMILES string of the molecule is COc1ccc(CN2C=C(C(F)(F)F)CCC2=O)cc1. The maximum atomic E-state index is 12.7. The number of alkyl halides is 3. The average molecular weight is 285 g/mol. The lowest BCUT2D eigenvalue weighted by Gasteiger charge is -2.26. The monoisotopic (exact) mass is 285 g/mol. The van der Waals surface area contributed by atoms with E-state index in [4.69, 9.17) is 4.74 Å². The van der Waals surface area contributed by atoms with Crippen molar-refractivity contribution in [3.05, 3.63) is 41.6 Å². The molecule has 3 nitrogen and oxygen atoms in total. The van der Waals surface area contributed by atoms with Crippen LogP contribution in [0.25, 0.3) is 0 Å². The van der Waals surface area contributed by atoms with Crippen LogP contribution in [0.1, 0.15) is 18.4 Å². The third-order valence-electron chi connectivity index (χ3n) is 3.12. The first-order chi connectivity index (χ1) is 9.40. The van der Waals surface area contributed by atoms with E-state index in [1.165, 1.54) is 7.11 Å². The topological polar surface area (TPSA) is 29.5 Å². The van der Waals surface area contributed by atoms with Gasteiger partial charge in [-0.3, -0.25) is 4.79 Å². The lowest BCUT2D eigenvalue weighted by Crippen LogP contribution is -2.31. The van der Waals surface area contributed by atoms with Gasteiger partial charge in [0, 0.05) is 18.2 Å². The van der Waals surface area contributed by atoms with Crippen LogP contribution in [-0.4, -0.2) is 24.1 Å². The molecule has 1 aromatic carbocycles. The van der Waals surface area contributed by atoms with Gasteiger partial charge in [0.2, 0.25) is 5.91 Å². The molecular formula is C14H14F3NO2. The molecule has 0 aromatic heterocycles. The van der Waals surface area contributed by atoms with Crippen molar-refractivity contribution in [2.45, 2.75) is 25.6 Å². The molecule has 1 aliphatic rings. The van der Waals surface area contributed by atoms with E-state index in [1.807, 2.05) is 0 Å². The molecule has 0 atom stereocenters. The van der Waals surface area contributed by atoms with E-state index >= 15 is 0 Å². The normalized spacial score (nSPS) is 16.1. The summed E-state index contributed by atoms with van der Waals surface area (Å²) in [5.41, 5.74) is 0.0874. The molecule has 0 fully saturated rings. The van der Waals surface area contributed by atoms with Crippen molar-refractivity contribution in [3.8, 4) is 5.75 Å². The molecule has 0 aliphatic carbocycles. The second kappa shape index (κ2) is 5.56. The second-order valence-corrected chi connectivity index (χ2v) is 4.52. The molecule has 108 valence electrons. The van der Waals surface area contributed by atoms with Crippen molar-refractivity contribution in [2.24, 2.45) is 0 Å². The summed E-state index contributed by atoms with van der Waals surface area (Å²) in [6, 6.07) is 6.86. The van der Waals surface area contributed by atoms with E-state index in [9.17, 15) is 18.0 Å². The summed E-state index contributed by atoms with van der Waals surface area (Å²) in [4.78, 5) is 12.8. The highest BCUT2D eigenvalue weighted by molar-refractivity contribution is 5.78. The molecule has 2 rings (SSSR count). The van der Waals surface area contributed by atoms with Crippen molar-refractivity contribution < 1.29 is 22.7 Å². The summed E-state index contributed by atoms with van der Waals surface area (Å²) in [5, 5.41) is 0. The van der Waals surface area contributed by atoms with Crippen LogP contribution in [-0.2, 0) is 11.3 Å². The van der Waals surface area contributed by atoms with Gasteiger partial charge in [-0.25, -0.2) is 0 Å². The number of ether oxygens (including phenoxy) is 1. The molecule has 1 aliphatic heterocycles. The molecule has 0 unspecified atom stereocenters. The fraction of sp³-hybridized carbons (Fsp3) is 0.357. The number of methoxy groups -OCH3 is 1. The fourth-order valence-corrected chi connectivity index (χ4v) is 1.99. The predicted octanol–water partition coefficient (Wildman–Crippen LogP) is 3.26. The van der Waals surface area contributed by atoms with Gasteiger partial charge in [-0.2, -0.15) is 13.2 Å². The molecule has 0 saturated carbocycles. The average Bonchev–Trinajstić information content (AvgIpc) is 2.41. The Bertz CT molecular complexity index is 520. The summed E-state index contributed by atoms with van der Waals surface area (Å²) in [7, 11) is 1.53. The largest absolute Gasteiger partial charge is 0.497 e. The first kappa shape index (κ1) is 14.4. The minimum Gasteiger partial charge on any atom is -0.497 e. The third kappa shape index (κ3) is 3.31. The van der Waals surface area contributed by atoms with Crippen molar-refractivity contribution >= 4 is 5.91 Å². The van der Waals surface area contributed by atoms with Crippen LogP contribution >= 0.6 is 0 Å². The fourth-order valence-electron chi connectivity index (χ4n) is 1.99. The Balaban J connectivity index is 2.15. The lowest BCUT2D eigenvalue weighted by molar-refractivity contribution is -0.132. The summed E-state index contributed by atoms with van der Waals surface area (Å²) >= 11 is 0. The molecule has 0 N–H and O–H groups in total. The van der Waals surface area contributed by atoms with Crippen LogP contribution in [0.5, 0.6) is 5.75 Å². The highest BCUT2D eigenvalue weighted by Crippen LogP contribution is 2.32. The number of carbonyl (C=O) groups is 1.